The Morgan fingerprint density at radius 1 is 1.07 bits per heavy atom. The van der Waals surface area contributed by atoms with Crippen molar-refractivity contribution in [3.63, 3.8) is 0 Å². The van der Waals surface area contributed by atoms with Crippen molar-refractivity contribution >= 4 is 32.5 Å². The van der Waals surface area contributed by atoms with Gasteiger partial charge in [0, 0.05) is 22.8 Å². The van der Waals surface area contributed by atoms with Gasteiger partial charge < -0.3 is 0 Å². The predicted octanol–water partition coefficient (Wildman–Crippen LogP) is 4.95. The van der Waals surface area contributed by atoms with Crippen LogP contribution in [0, 0.1) is 0 Å². The van der Waals surface area contributed by atoms with Gasteiger partial charge in [0.05, 0.1) is 10.9 Å². The third kappa shape index (κ3) is 3.59. The topological polar surface area (TPSA) is 37.4 Å². The maximum Gasteiger partial charge on any atom is 0.341 e. The zero-order chi connectivity index (χ0) is 19.0. The van der Waals surface area contributed by atoms with E-state index < -0.39 is 15.6 Å². The van der Waals surface area contributed by atoms with Crippen LogP contribution in [-0.4, -0.2) is 25.6 Å². The fourth-order valence-electron chi connectivity index (χ4n) is 3.44. The Balaban J connectivity index is 1.60. The molecule has 1 aliphatic rings. The SMILES string of the molecule is O=S(=O)(c1ccc(CN2CCc3sccc3C2c2cccs2)cc1)C(F)F. The molecule has 0 spiro atoms. The minimum absolute atomic E-state index is 0.171. The first-order valence-electron chi connectivity index (χ1n) is 8.41. The fourth-order valence-corrected chi connectivity index (χ4v) is 5.94. The van der Waals surface area contributed by atoms with Gasteiger partial charge in [-0.1, -0.05) is 18.2 Å². The zero-order valence-corrected chi connectivity index (χ0v) is 16.7. The van der Waals surface area contributed by atoms with Gasteiger partial charge in [0.1, 0.15) is 0 Å². The molecule has 0 saturated carbocycles. The lowest BCUT2D eigenvalue weighted by molar-refractivity contribution is 0.209. The number of hydrogen-bond donors (Lipinski definition) is 0. The van der Waals surface area contributed by atoms with Gasteiger partial charge in [0.15, 0.2) is 0 Å². The number of sulfone groups is 1. The molecule has 0 saturated heterocycles. The number of rotatable bonds is 5. The second-order valence-corrected chi connectivity index (χ2v) is 10.3. The van der Waals surface area contributed by atoms with Gasteiger partial charge in [-0.15, -0.1) is 22.7 Å². The van der Waals surface area contributed by atoms with E-state index in [1.165, 1.54) is 27.5 Å². The molecular formula is C19H17F2NO2S3. The van der Waals surface area contributed by atoms with Crippen LogP contribution in [0.2, 0.25) is 0 Å². The van der Waals surface area contributed by atoms with E-state index in [2.05, 4.69) is 27.8 Å². The Labute approximate surface area is 164 Å². The number of thiophene rings is 2. The molecule has 3 nitrogen and oxygen atoms in total. The van der Waals surface area contributed by atoms with Gasteiger partial charge in [-0.05, 0) is 52.6 Å². The van der Waals surface area contributed by atoms with E-state index in [0.29, 0.717) is 6.54 Å². The second kappa shape index (κ2) is 7.43. The molecule has 142 valence electrons. The highest BCUT2D eigenvalue weighted by atomic mass is 32.2. The van der Waals surface area contributed by atoms with E-state index in [0.717, 1.165) is 18.5 Å². The molecule has 0 radical (unpaired) electrons. The summed E-state index contributed by atoms with van der Waals surface area (Å²) in [6.45, 7) is 1.53. The Morgan fingerprint density at radius 3 is 2.52 bits per heavy atom. The minimum Gasteiger partial charge on any atom is -0.287 e. The molecule has 2 aromatic heterocycles. The summed E-state index contributed by atoms with van der Waals surface area (Å²) < 4.78 is 48.6. The van der Waals surface area contributed by atoms with Crippen molar-refractivity contribution in [2.75, 3.05) is 6.54 Å². The largest absolute Gasteiger partial charge is 0.341 e. The molecule has 3 aromatic rings. The van der Waals surface area contributed by atoms with Crippen molar-refractivity contribution in [3.05, 3.63) is 74.1 Å². The van der Waals surface area contributed by atoms with E-state index in [4.69, 9.17) is 0 Å². The van der Waals surface area contributed by atoms with E-state index in [1.807, 2.05) is 6.07 Å². The van der Waals surface area contributed by atoms with E-state index in [-0.39, 0.29) is 10.9 Å². The molecule has 27 heavy (non-hydrogen) atoms. The third-order valence-electron chi connectivity index (χ3n) is 4.75. The van der Waals surface area contributed by atoms with E-state index in [9.17, 15) is 17.2 Å². The number of fused-ring (bicyclic) bond motifs is 1. The Hall–Kier alpha value is -1.61. The van der Waals surface area contributed by atoms with Crippen LogP contribution >= 0.6 is 22.7 Å². The van der Waals surface area contributed by atoms with Crippen molar-refractivity contribution < 1.29 is 17.2 Å². The number of hydrogen-bond acceptors (Lipinski definition) is 5. The molecule has 1 aromatic carbocycles. The molecule has 8 heteroatoms. The third-order valence-corrected chi connectivity index (χ3v) is 8.07. The minimum atomic E-state index is -4.55. The van der Waals surface area contributed by atoms with Gasteiger partial charge in [0.2, 0.25) is 9.84 Å². The molecule has 0 N–H and O–H groups in total. The van der Waals surface area contributed by atoms with Crippen molar-refractivity contribution in [3.8, 4) is 0 Å². The highest BCUT2D eigenvalue weighted by Gasteiger charge is 2.30. The molecule has 1 aliphatic heterocycles. The number of halogens is 2. The number of benzene rings is 1. The summed E-state index contributed by atoms with van der Waals surface area (Å²) in [7, 11) is -4.55. The van der Waals surface area contributed by atoms with Gasteiger partial charge in [-0.25, -0.2) is 8.42 Å². The van der Waals surface area contributed by atoms with Crippen molar-refractivity contribution in [1.29, 1.82) is 0 Å². The first-order valence-corrected chi connectivity index (χ1v) is 11.7. The van der Waals surface area contributed by atoms with Crippen LogP contribution in [0.3, 0.4) is 0 Å². The lowest BCUT2D eigenvalue weighted by atomic mass is 9.98. The summed E-state index contributed by atoms with van der Waals surface area (Å²) in [5.41, 5.74) is 2.23. The first-order chi connectivity index (χ1) is 13.0. The fraction of sp³-hybridized carbons (Fsp3) is 0.263. The molecule has 1 unspecified atom stereocenters. The quantitative estimate of drug-likeness (QED) is 0.580. The van der Waals surface area contributed by atoms with Gasteiger partial charge in [-0.2, -0.15) is 8.78 Å². The monoisotopic (exact) mass is 425 g/mol. The maximum absolute atomic E-state index is 12.7. The molecule has 4 rings (SSSR count). The van der Waals surface area contributed by atoms with Crippen LogP contribution in [0.15, 0.2) is 58.1 Å². The molecule has 0 amide bonds. The molecular weight excluding hydrogens is 408 g/mol. The molecule has 0 fully saturated rings. The lowest BCUT2D eigenvalue weighted by Crippen LogP contribution is -2.34. The van der Waals surface area contributed by atoms with Crippen LogP contribution in [0.1, 0.15) is 26.9 Å². The zero-order valence-electron chi connectivity index (χ0n) is 14.2. The summed E-state index contributed by atoms with van der Waals surface area (Å²) in [5, 5.41) is 4.19. The molecule has 3 heterocycles. The Kier molecular flexibility index (Phi) is 5.15. The lowest BCUT2D eigenvalue weighted by Gasteiger charge is -2.35. The summed E-state index contributed by atoms with van der Waals surface area (Å²) in [6, 6.07) is 12.3. The first kappa shape index (κ1) is 18.7. The average Bonchev–Trinajstić information content (AvgIpc) is 3.33. The highest BCUT2D eigenvalue weighted by molar-refractivity contribution is 7.91. The second-order valence-electron chi connectivity index (χ2n) is 6.39. The van der Waals surface area contributed by atoms with E-state index in [1.54, 1.807) is 34.8 Å². The van der Waals surface area contributed by atoms with Gasteiger partial charge >= 0.3 is 5.76 Å². The maximum atomic E-state index is 12.7. The Morgan fingerprint density at radius 2 is 1.85 bits per heavy atom. The summed E-state index contributed by atoms with van der Waals surface area (Å²) in [6.07, 6.45) is 0.979. The molecule has 0 aliphatic carbocycles. The van der Waals surface area contributed by atoms with Crippen LogP contribution in [-0.2, 0) is 22.8 Å². The van der Waals surface area contributed by atoms with Crippen LogP contribution in [0.5, 0.6) is 0 Å². The van der Waals surface area contributed by atoms with Gasteiger partial charge in [-0.3, -0.25) is 4.90 Å². The summed E-state index contributed by atoms with van der Waals surface area (Å²) >= 11 is 3.50. The van der Waals surface area contributed by atoms with Crippen LogP contribution in [0.25, 0.3) is 0 Å². The number of alkyl halides is 2. The number of nitrogens with zero attached hydrogens (tertiary/aromatic N) is 1. The van der Waals surface area contributed by atoms with Gasteiger partial charge in [0.25, 0.3) is 0 Å². The summed E-state index contributed by atoms with van der Waals surface area (Å²) in [4.78, 5) is 4.70. The molecule has 0 bridgehead atoms. The van der Waals surface area contributed by atoms with Crippen molar-refractivity contribution in [2.45, 2.75) is 29.7 Å². The predicted molar refractivity (Wildman–Crippen MR) is 104 cm³/mol. The standard InChI is InChI=1S/C19H17F2NO2S3/c20-19(21)27(23,24)14-5-3-13(4-6-14)12-22-9-7-16-15(8-11-26-16)18(22)17-2-1-10-25-17/h1-6,8,10-11,18-19H,7,9,12H2. The van der Waals surface area contributed by atoms with Crippen molar-refractivity contribution in [2.24, 2.45) is 0 Å². The normalized spacial score (nSPS) is 18.0. The Bertz CT molecular complexity index is 1010. The van der Waals surface area contributed by atoms with E-state index >= 15 is 0 Å². The van der Waals surface area contributed by atoms with Crippen molar-refractivity contribution in [1.82, 2.24) is 4.90 Å². The van der Waals surface area contributed by atoms with Crippen LogP contribution in [0.4, 0.5) is 8.78 Å². The molecule has 1 atom stereocenters. The smallest absolute Gasteiger partial charge is 0.287 e. The van der Waals surface area contributed by atoms with Crippen LogP contribution < -0.4 is 0 Å². The summed E-state index contributed by atoms with van der Waals surface area (Å²) in [5.74, 6) is -3.40. The average molecular weight is 426 g/mol. The highest BCUT2D eigenvalue weighted by Crippen LogP contribution is 2.40.